The number of carbonyl (C=O) groups excluding carboxylic acids is 1. The number of hydrogen-bond donors (Lipinski definition) is 1. The van der Waals surface area contributed by atoms with E-state index in [-0.39, 0.29) is 5.91 Å². The summed E-state index contributed by atoms with van der Waals surface area (Å²) < 4.78 is 0. The van der Waals surface area contributed by atoms with Crippen LogP contribution in [0.4, 0.5) is 0 Å². The maximum Gasteiger partial charge on any atom is 0.220 e. The van der Waals surface area contributed by atoms with Gasteiger partial charge in [0.05, 0.1) is 0 Å². The summed E-state index contributed by atoms with van der Waals surface area (Å²) in [5.41, 5.74) is 4.92. The Bertz CT molecular complexity index is 546. The molecule has 0 fully saturated rings. The van der Waals surface area contributed by atoms with Gasteiger partial charge in [-0.3, -0.25) is 4.79 Å². The first-order valence-electron chi connectivity index (χ1n) is 6.49. The van der Waals surface area contributed by atoms with Crippen molar-refractivity contribution in [2.45, 2.75) is 33.2 Å². The van der Waals surface area contributed by atoms with E-state index in [0.29, 0.717) is 13.0 Å². The molecular weight excluding hydrogens is 254 g/mol. The molecule has 19 heavy (non-hydrogen) atoms. The number of carbonyl (C=O) groups is 1. The van der Waals surface area contributed by atoms with Gasteiger partial charge < -0.3 is 5.32 Å². The molecule has 1 heterocycles. The Morgan fingerprint density at radius 3 is 2.79 bits per heavy atom. The molecule has 0 unspecified atom stereocenters. The summed E-state index contributed by atoms with van der Waals surface area (Å²) in [4.78, 5) is 11.8. The van der Waals surface area contributed by atoms with Crippen LogP contribution in [0.15, 0.2) is 35.0 Å². The first-order chi connectivity index (χ1) is 9.15. The Kier molecular flexibility index (Phi) is 4.74. The molecule has 1 aromatic heterocycles. The molecule has 1 aromatic carbocycles. The van der Waals surface area contributed by atoms with Crippen LogP contribution in [0.3, 0.4) is 0 Å². The molecule has 0 saturated heterocycles. The fourth-order valence-corrected chi connectivity index (χ4v) is 2.72. The molecule has 0 aliphatic rings. The first kappa shape index (κ1) is 13.8. The molecule has 2 rings (SSSR count). The van der Waals surface area contributed by atoms with Crippen molar-refractivity contribution in [1.82, 2.24) is 5.32 Å². The number of rotatable bonds is 5. The second-order valence-electron chi connectivity index (χ2n) is 4.84. The number of amides is 1. The molecule has 0 aliphatic carbocycles. The predicted molar refractivity (Wildman–Crippen MR) is 80.4 cm³/mol. The van der Waals surface area contributed by atoms with Crippen molar-refractivity contribution in [2.24, 2.45) is 0 Å². The van der Waals surface area contributed by atoms with E-state index in [1.165, 1.54) is 22.3 Å². The quantitative estimate of drug-likeness (QED) is 0.886. The SMILES string of the molecule is Cc1ccc(CNC(=O)CCc2ccsc2)c(C)c1. The Hall–Kier alpha value is -1.61. The highest BCUT2D eigenvalue weighted by molar-refractivity contribution is 7.07. The minimum absolute atomic E-state index is 0.117. The van der Waals surface area contributed by atoms with E-state index in [1.807, 2.05) is 5.38 Å². The average molecular weight is 273 g/mol. The highest BCUT2D eigenvalue weighted by atomic mass is 32.1. The lowest BCUT2D eigenvalue weighted by Gasteiger charge is -2.08. The van der Waals surface area contributed by atoms with Crippen molar-refractivity contribution < 1.29 is 4.79 Å². The Morgan fingerprint density at radius 2 is 2.11 bits per heavy atom. The predicted octanol–water partition coefficient (Wildman–Crippen LogP) is 3.61. The Labute approximate surface area is 118 Å². The molecule has 0 radical (unpaired) electrons. The molecule has 1 amide bonds. The number of aryl methyl sites for hydroxylation is 3. The molecule has 0 bridgehead atoms. The van der Waals surface area contributed by atoms with Gasteiger partial charge in [0.2, 0.25) is 5.91 Å². The molecule has 0 saturated carbocycles. The number of thiophene rings is 1. The second kappa shape index (κ2) is 6.53. The van der Waals surface area contributed by atoms with Gasteiger partial charge in [-0.2, -0.15) is 11.3 Å². The average Bonchev–Trinajstić information content (AvgIpc) is 2.88. The summed E-state index contributed by atoms with van der Waals surface area (Å²) in [7, 11) is 0. The normalized spacial score (nSPS) is 10.4. The lowest BCUT2D eigenvalue weighted by molar-refractivity contribution is -0.121. The van der Waals surface area contributed by atoms with Crippen molar-refractivity contribution in [3.8, 4) is 0 Å². The fourth-order valence-electron chi connectivity index (χ4n) is 2.02. The standard InChI is InChI=1S/C16H19NOS/c1-12-3-5-15(13(2)9-12)10-17-16(18)6-4-14-7-8-19-11-14/h3,5,7-9,11H,4,6,10H2,1-2H3,(H,17,18). The van der Waals surface area contributed by atoms with Gasteiger partial charge in [-0.15, -0.1) is 0 Å². The highest BCUT2D eigenvalue weighted by Gasteiger charge is 2.04. The summed E-state index contributed by atoms with van der Waals surface area (Å²) in [5.74, 6) is 0.117. The maximum absolute atomic E-state index is 11.8. The summed E-state index contributed by atoms with van der Waals surface area (Å²) in [6.45, 7) is 4.78. The molecule has 1 N–H and O–H groups in total. The van der Waals surface area contributed by atoms with Crippen molar-refractivity contribution in [3.63, 3.8) is 0 Å². The lowest BCUT2D eigenvalue weighted by Crippen LogP contribution is -2.23. The van der Waals surface area contributed by atoms with Gasteiger partial charge in [0.15, 0.2) is 0 Å². The number of benzene rings is 1. The van der Waals surface area contributed by atoms with Crippen LogP contribution >= 0.6 is 11.3 Å². The van der Waals surface area contributed by atoms with Crippen LogP contribution in [0, 0.1) is 13.8 Å². The maximum atomic E-state index is 11.8. The highest BCUT2D eigenvalue weighted by Crippen LogP contribution is 2.11. The summed E-state index contributed by atoms with van der Waals surface area (Å²) >= 11 is 1.67. The van der Waals surface area contributed by atoms with Crippen molar-refractivity contribution >= 4 is 17.2 Å². The van der Waals surface area contributed by atoms with E-state index in [9.17, 15) is 4.79 Å². The minimum atomic E-state index is 0.117. The molecule has 100 valence electrons. The number of hydrogen-bond acceptors (Lipinski definition) is 2. The van der Waals surface area contributed by atoms with Gasteiger partial charge in [-0.1, -0.05) is 23.8 Å². The molecule has 3 heteroatoms. The van der Waals surface area contributed by atoms with Gasteiger partial charge >= 0.3 is 0 Å². The van der Waals surface area contributed by atoms with Gasteiger partial charge in [-0.25, -0.2) is 0 Å². The Balaban J connectivity index is 1.80. The van der Waals surface area contributed by atoms with Crippen LogP contribution in [0.5, 0.6) is 0 Å². The Morgan fingerprint density at radius 1 is 1.26 bits per heavy atom. The fraction of sp³-hybridized carbons (Fsp3) is 0.312. The zero-order chi connectivity index (χ0) is 13.7. The lowest BCUT2D eigenvalue weighted by atomic mass is 10.1. The summed E-state index contributed by atoms with van der Waals surface area (Å²) in [6.07, 6.45) is 1.38. The molecule has 0 aliphatic heterocycles. The van der Waals surface area contributed by atoms with E-state index in [2.05, 4.69) is 48.8 Å². The van der Waals surface area contributed by atoms with E-state index >= 15 is 0 Å². The third-order valence-electron chi connectivity index (χ3n) is 3.19. The third-order valence-corrected chi connectivity index (χ3v) is 3.93. The summed E-state index contributed by atoms with van der Waals surface area (Å²) in [6, 6.07) is 8.39. The van der Waals surface area contributed by atoms with Gasteiger partial charge in [0.1, 0.15) is 0 Å². The van der Waals surface area contributed by atoms with Gasteiger partial charge in [-0.05, 0) is 53.8 Å². The van der Waals surface area contributed by atoms with Crippen molar-refractivity contribution in [3.05, 3.63) is 57.3 Å². The van der Waals surface area contributed by atoms with Crippen LogP contribution in [0.25, 0.3) is 0 Å². The van der Waals surface area contributed by atoms with Crippen LogP contribution in [0.1, 0.15) is 28.7 Å². The van der Waals surface area contributed by atoms with Crippen molar-refractivity contribution in [2.75, 3.05) is 0 Å². The van der Waals surface area contributed by atoms with Crippen LogP contribution < -0.4 is 5.32 Å². The minimum Gasteiger partial charge on any atom is -0.352 e. The van der Waals surface area contributed by atoms with Crippen LogP contribution in [0.2, 0.25) is 0 Å². The van der Waals surface area contributed by atoms with E-state index in [1.54, 1.807) is 11.3 Å². The van der Waals surface area contributed by atoms with E-state index < -0.39 is 0 Å². The molecule has 0 atom stereocenters. The van der Waals surface area contributed by atoms with E-state index in [0.717, 1.165) is 6.42 Å². The topological polar surface area (TPSA) is 29.1 Å². The van der Waals surface area contributed by atoms with Gasteiger partial charge in [0.25, 0.3) is 0 Å². The van der Waals surface area contributed by atoms with E-state index in [4.69, 9.17) is 0 Å². The number of nitrogens with one attached hydrogen (secondary N) is 1. The summed E-state index contributed by atoms with van der Waals surface area (Å²) in [5, 5.41) is 7.13. The van der Waals surface area contributed by atoms with Crippen LogP contribution in [-0.2, 0) is 17.8 Å². The zero-order valence-corrected chi connectivity index (χ0v) is 12.2. The van der Waals surface area contributed by atoms with Crippen LogP contribution in [-0.4, -0.2) is 5.91 Å². The zero-order valence-electron chi connectivity index (χ0n) is 11.4. The largest absolute Gasteiger partial charge is 0.352 e. The van der Waals surface area contributed by atoms with Gasteiger partial charge in [0, 0.05) is 13.0 Å². The smallest absolute Gasteiger partial charge is 0.220 e. The second-order valence-corrected chi connectivity index (χ2v) is 5.62. The molecule has 0 spiro atoms. The molecular formula is C16H19NOS. The monoisotopic (exact) mass is 273 g/mol. The third kappa shape index (κ3) is 4.21. The first-order valence-corrected chi connectivity index (χ1v) is 7.43. The van der Waals surface area contributed by atoms with Crippen molar-refractivity contribution in [1.29, 1.82) is 0 Å². The molecule has 2 nitrogen and oxygen atoms in total. The molecule has 2 aromatic rings.